The normalized spacial score (nSPS) is 30.2. The van der Waals surface area contributed by atoms with Crippen LogP contribution in [0, 0.1) is 5.41 Å². The number of nitrogens with one attached hydrogen (secondary N) is 1. The molecule has 0 aromatic rings. The Balaban J connectivity index is 1.79. The summed E-state index contributed by atoms with van der Waals surface area (Å²) >= 11 is 0. The molecule has 2 aliphatic heterocycles. The van der Waals surface area contributed by atoms with Gasteiger partial charge in [0.15, 0.2) is 0 Å². The monoisotopic (exact) mass is 240 g/mol. The van der Waals surface area contributed by atoms with Gasteiger partial charge in [0.05, 0.1) is 5.41 Å². The minimum atomic E-state index is -0.719. The topological polar surface area (TPSA) is 52.6 Å². The summed E-state index contributed by atoms with van der Waals surface area (Å²) in [6, 6.07) is 1.25. The molecule has 4 nitrogen and oxygen atoms in total. The molecule has 0 saturated carbocycles. The van der Waals surface area contributed by atoms with E-state index in [2.05, 4.69) is 10.2 Å². The zero-order valence-electron chi connectivity index (χ0n) is 10.9. The van der Waals surface area contributed by atoms with Crippen molar-refractivity contribution in [2.24, 2.45) is 5.41 Å². The molecule has 0 radical (unpaired) electrons. The first kappa shape index (κ1) is 12.8. The third-order valence-corrected chi connectivity index (χ3v) is 4.23. The fourth-order valence-electron chi connectivity index (χ4n) is 2.88. The maximum atomic E-state index is 11.0. The van der Waals surface area contributed by atoms with Crippen LogP contribution in [0.4, 0.5) is 0 Å². The fraction of sp³-hybridized carbons (Fsp3) is 0.923. The van der Waals surface area contributed by atoms with Gasteiger partial charge in [0, 0.05) is 18.6 Å². The summed E-state index contributed by atoms with van der Waals surface area (Å²) in [7, 11) is 0. The summed E-state index contributed by atoms with van der Waals surface area (Å²) in [5.74, 6) is -0.719. The van der Waals surface area contributed by atoms with E-state index in [1.54, 1.807) is 13.8 Å². The molecule has 0 aromatic carbocycles. The Bertz CT molecular complexity index is 291. The van der Waals surface area contributed by atoms with Crippen molar-refractivity contribution in [2.75, 3.05) is 19.6 Å². The minimum Gasteiger partial charge on any atom is -0.481 e. The van der Waals surface area contributed by atoms with E-state index in [1.807, 2.05) is 0 Å². The standard InChI is InChI=1S/C13H24N2O2/c1-13(2,12(16)17)9-14-10-5-7-15-6-3-4-11(15)8-10/h10-11,14H,3-9H2,1-2H3,(H,16,17). The van der Waals surface area contributed by atoms with Crippen molar-refractivity contribution >= 4 is 5.97 Å². The molecule has 2 fully saturated rings. The second-order valence-corrected chi connectivity index (χ2v) is 6.12. The zero-order chi connectivity index (χ0) is 12.5. The van der Waals surface area contributed by atoms with Crippen LogP contribution in [0.5, 0.6) is 0 Å². The summed E-state index contributed by atoms with van der Waals surface area (Å²) in [4.78, 5) is 13.6. The van der Waals surface area contributed by atoms with Crippen molar-refractivity contribution in [3.05, 3.63) is 0 Å². The van der Waals surface area contributed by atoms with Gasteiger partial charge in [-0.1, -0.05) is 0 Å². The van der Waals surface area contributed by atoms with Crippen molar-refractivity contribution in [3.8, 4) is 0 Å². The molecular weight excluding hydrogens is 216 g/mol. The highest BCUT2D eigenvalue weighted by molar-refractivity contribution is 5.73. The second-order valence-electron chi connectivity index (χ2n) is 6.12. The molecule has 4 heteroatoms. The Kier molecular flexibility index (Phi) is 3.73. The SMILES string of the molecule is CC(C)(CNC1CCN2CCCC2C1)C(=O)O. The number of carboxylic acid groups (broad SMARTS) is 1. The largest absolute Gasteiger partial charge is 0.481 e. The number of fused-ring (bicyclic) bond motifs is 1. The summed E-state index contributed by atoms with van der Waals surface area (Å²) in [5, 5.41) is 12.5. The van der Waals surface area contributed by atoms with Crippen LogP contribution in [0.15, 0.2) is 0 Å². The molecule has 2 saturated heterocycles. The van der Waals surface area contributed by atoms with Gasteiger partial charge < -0.3 is 15.3 Å². The molecule has 0 bridgehead atoms. The molecule has 2 rings (SSSR count). The zero-order valence-corrected chi connectivity index (χ0v) is 10.9. The molecule has 0 spiro atoms. The maximum Gasteiger partial charge on any atom is 0.310 e. The van der Waals surface area contributed by atoms with Gasteiger partial charge in [-0.15, -0.1) is 0 Å². The number of nitrogens with zero attached hydrogens (tertiary/aromatic N) is 1. The van der Waals surface area contributed by atoms with Crippen LogP contribution < -0.4 is 5.32 Å². The molecule has 2 N–H and O–H groups in total. The lowest BCUT2D eigenvalue weighted by Gasteiger charge is -2.36. The van der Waals surface area contributed by atoms with E-state index in [0.29, 0.717) is 12.6 Å². The number of hydrogen-bond donors (Lipinski definition) is 2. The van der Waals surface area contributed by atoms with Crippen LogP contribution in [-0.2, 0) is 4.79 Å². The predicted molar refractivity (Wildman–Crippen MR) is 67.0 cm³/mol. The molecule has 0 aromatic heterocycles. The van der Waals surface area contributed by atoms with Crippen LogP contribution >= 0.6 is 0 Å². The van der Waals surface area contributed by atoms with Crippen LogP contribution in [0.3, 0.4) is 0 Å². The lowest BCUT2D eigenvalue weighted by molar-refractivity contribution is -0.146. The molecule has 2 unspecified atom stereocenters. The van der Waals surface area contributed by atoms with E-state index in [0.717, 1.165) is 12.5 Å². The highest BCUT2D eigenvalue weighted by Gasteiger charge is 2.33. The minimum absolute atomic E-state index is 0.507. The van der Waals surface area contributed by atoms with Gasteiger partial charge in [-0.3, -0.25) is 4.79 Å². The maximum absolute atomic E-state index is 11.0. The van der Waals surface area contributed by atoms with Gasteiger partial charge >= 0.3 is 5.97 Å². The van der Waals surface area contributed by atoms with Gasteiger partial charge in [0.25, 0.3) is 0 Å². The van der Waals surface area contributed by atoms with Crippen LogP contribution in [0.2, 0.25) is 0 Å². The van der Waals surface area contributed by atoms with Gasteiger partial charge in [-0.2, -0.15) is 0 Å². The second kappa shape index (κ2) is 4.94. The number of hydrogen-bond acceptors (Lipinski definition) is 3. The van der Waals surface area contributed by atoms with Crippen LogP contribution in [0.1, 0.15) is 39.5 Å². The molecule has 0 amide bonds. The highest BCUT2D eigenvalue weighted by Crippen LogP contribution is 2.27. The van der Waals surface area contributed by atoms with Crippen LogP contribution in [-0.4, -0.2) is 47.7 Å². The Morgan fingerprint density at radius 2 is 2.18 bits per heavy atom. The summed E-state index contributed by atoms with van der Waals surface area (Å²) in [6.45, 7) is 6.58. The first-order chi connectivity index (χ1) is 7.99. The molecule has 17 heavy (non-hydrogen) atoms. The van der Waals surface area contributed by atoms with E-state index >= 15 is 0 Å². The average Bonchev–Trinajstić information content (AvgIpc) is 2.73. The number of rotatable bonds is 4. The molecule has 2 heterocycles. The third kappa shape index (κ3) is 2.99. The lowest BCUT2D eigenvalue weighted by atomic mass is 9.91. The first-order valence-corrected chi connectivity index (χ1v) is 6.70. The number of aliphatic carboxylic acids is 1. The van der Waals surface area contributed by atoms with E-state index in [9.17, 15) is 4.79 Å². The van der Waals surface area contributed by atoms with Crippen molar-refractivity contribution in [2.45, 2.75) is 51.6 Å². The number of piperidine rings is 1. The molecule has 2 atom stereocenters. The van der Waals surface area contributed by atoms with Crippen LogP contribution in [0.25, 0.3) is 0 Å². The van der Waals surface area contributed by atoms with Crippen molar-refractivity contribution in [1.29, 1.82) is 0 Å². The third-order valence-electron chi connectivity index (χ3n) is 4.23. The fourth-order valence-corrected chi connectivity index (χ4v) is 2.88. The lowest BCUT2D eigenvalue weighted by Crippen LogP contribution is -2.48. The highest BCUT2D eigenvalue weighted by atomic mass is 16.4. The van der Waals surface area contributed by atoms with Gasteiger partial charge in [0.2, 0.25) is 0 Å². The van der Waals surface area contributed by atoms with E-state index in [1.165, 1.54) is 32.4 Å². The first-order valence-electron chi connectivity index (χ1n) is 6.70. The van der Waals surface area contributed by atoms with Crippen molar-refractivity contribution < 1.29 is 9.90 Å². The van der Waals surface area contributed by atoms with Gasteiger partial charge in [-0.25, -0.2) is 0 Å². The predicted octanol–water partition coefficient (Wildman–Crippen LogP) is 1.31. The Hall–Kier alpha value is -0.610. The van der Waals surface area contributed by atoms with E-state index < -0.39 is 11.4 Å². The molecule has 98 valence electrons. The summed E-state index contributed by atoms with van der Waals surface area (Å²) < 4.78 is 0. The Labute approximate surface area is 103 Å². The smallest absolute Gasteiger partial charge is 0.310 e. The van der Waals surface area contributed by atoms with Crippen molar-refractivity contribution in [1.82, 2.24) is 10.2 Å². The van der Waals surface area contributed by atoms with Gasteiger partial charge in [0.1, 0.15) is 0 Å². The average molecular weight is 240 g/mol. The van der Waals surface area contributed by atoms with E-state index in [-0.39, 0.29) is 0 Å². The quantitative estimate of drug-likeness (QED) is 0.778. The summed E-state index contributed by atoms with van der Waals surface area (Å²) in [6.07, 6.45) is 5.00. The molecule has 0 aliphatic carbocycles. The van der Waals surface area contributed by atoms with E-state index in [4.69, 9.17) is 5.11 Å². The molecule has 2 aliphatic rings. The number of carboxylic acids is 1. The van der Waals surface area contributed by atoms with Gasteiger partial charge in [-0.05, 0) is 52.6 Å². The Morgan fingerprint density at radius 1 is 1.41 bits per heavy atom. The van der Waals surface area contributed by atoms with Crippen molar-refractivity contribution in [3.63, 3.8) is 0 Å². The molecular formula is C13H24N2O2. The number of carbonyl (C=O) groups is 1. The summed E-state index contributed by atoms with van der Waals surface area (Å²) in [5.41, 5.74) is -0.660. The Morgan fingerprint density at radius 3 is 2.88 bits per heavy atom.